The van der Waals surface area contributed by atoms with Crippen LogP contribution >= 0.6 is 0 Å². The van der Waals surface area contributed by atoms with E-state index in [4.69, 9.17) is 0 Å². The van der Waals surface area contributed by atoms with Gasteiger partial charge >= 0.3 is 0 Å². The van der Waals surface area contributed by atoms with Crippen LogP contribution < -0.4 is 4.72 Å². The van der Waals surface area contributed by atoms with Gasteiger partial charge in [-0.25, -0.2) is 8.93 Å². The van der Waals surface area contributed by atoms with Crippen molar-refractivity contribution in [3.63, 3.8) is 0 Å². The van der Waals surface area contributed by atoms with E-state index >= 15 is 0 Å². The number of rotatable bonds is 3. The molecule has 0 heterocycles. The van der Waals surface area contributed by atoms with E-state index in [1.54, 1.807) is 0 Å². The molecule has 0 aliphatic rings. The van der Waals surface area contributed by atoms with Gasteiger partial charge in [0.05, 0.1) is 15.7 Å². The Labute approximate surface area is 78.7 Å². The van der Waals surface area contributed by atoms with Gasteiger partial charge in [-0.05, 0) is 33.6 Å². The van der Waals surface area contributed by atoms with Crippen LogP contribution in [-0.4, -0.2) is 15.0 Å². The standard InChI is InChI=1S/C9H21NOS/c1-7(2)8(3)10-12(11)9(4,5)6/h7-8,10H,1-6H3/t8-,12-/m0/s1. The van der Waals surface area contributed by atoms with Gasteiger partial charge in [0, 0.05) is 6.04 Å². The first-order valence-corrected chi connectivity index (χ1v) is 5.58. The fourth-order valence-corrected chi connectivity index (χ4v) is 1.45. The molecule has 0 aromatic carbocycles. The molecule has 12 heavy (non-hydrogen) atoms. The largest absolute Gasteiger partial charge is 0.242 e. The molecular weight excluding hydrogens is 170 g/mol. The fraction of sp³-hybridized carbons (Fsp3) is 1.00. The van der Waals surface area contributed by atoms with Crippen LogP contribution in [0.3, 0.4) is 0 Å². The van der Waals surface area contributed by atoms with Crippen LogP contribution in [0.1, 0.15) is 41.5 Å². The Morgan fingerprint density at radius 3 is 1.83 bits per heavy atom. The Balaban J connectivity index is 4.02. The molecule has 0 bridgehead atoms. The van der Waals surface area contributed by atoms with Crippen LogP contribution in [0, 0.1) is 5.92 Å². The molecule has 0 aliphatic carbocycles. The smallest absolute Gasteiger partial charge is 0.0972 e. The highest BCUT2D eigenvalue weighted by atomic mass is 32.2. The summed E-state index contributed by atoms with van der Waals surface area (Å²) >= 11 is 0. The van der Waals surface area contributed by atoms with Crippen molar-refractivity contribution in [2.24, 2.45) is 5.92 Å². The van der Waals surface area contributed by atoms with Crippen molar-refractivity contribution in [1.82, 2.24) is 4.72 Å². The molecule has 0 spiro atoms. The molecular formula is C9H21NOS. The monoisotopic (exact) mass is 191 g/mol. The van der Waals surface area contributed by atoms with Crippen LogP contribution in [0.5, 0.6) is 0 Å². The molecule has 0 saturated carbocycles. The highest BCUT2D eigenvalue weighted by Gasteiger charge is 2.21. The molecule has 0 aliphatic heterocycles. The van der Waals surface area contributed by atoms with Gasteiger partial charge in [0.2, 0.25) is 0 Å². The van der Waals surface area contributed by atoms with Gasteiger partial charge < -0.3 is 0 Å². The van der Waals surface area contributed by atoms with E-state index in [-0.39, 0.29) is 4.75 Å². The minimum absolute atomic E-state index is 0.164. The van der Waals surface area contributed by atoms with Crippen molar-refractivity contribution < 1.29 is 4.21 Å². The average molecular weight is 191 g/mol. The molecule has 0 unspecified atom stereocenters. The number of hydrogen-bond acceptors (Lipinski definition) is 1. The average Bonchev–Trinajstić information content (AvgIpc) is 1.85. The summed E-state index contributed by atoms with van der Waals surface area (Å²) < 4.78 is 14.5. The summed E-state index contributed by atoms with van der Waals surface area (Å²) in [5.74, 6) is 0.524. The predicted molar refractivity (Wildman–Crippen MR) is 55.3 cm³/mol. The Bertz CT molecular complexity index is 160. The van der Waals surface area contributed by atoms with Crippen LogP contribution in [0.4, 0.5) is 0 Å². The van der Waals surface area contributed by atoms with E-state index in [1.807, 2.05) is 20.8 Å². The summed E-state index contributed by atoms with van der Waals surface area (Å²) in [6.45, 7) is 12.2. The first-order chi connectivity index (χ1) is 5.25. The van der Waals surface area contributed by atoms with E-state index < -0.39 is 11.0 Å². The van der Waals surface area contributed by atoms with E-state index in [1.165, 1.54) is 0 Å². The molecule has 0 fully saturated rings. The summed E-state index contributed by atoms with van der Waals surface area (Å²) in [7, 11) is -0.938. The Hall–Kier alpha value is 0.110. The number of nitrogens with one attached hydrogen (secondary N) is 1. The summed E-state index contributed by atoms with van der Waals surface area (Å²) in [5, 5.41) is 0. The maximum Gasteiger partial charge on any atom is 0.0972 e. The third-order valence-corrected chi connectivity index (χ3v) is 3.55. The Kier molecular flexibility index (Phi) is 4.42. The van der Waals surface area contributed by atoms with E-state index in [2.05, 4.69) is 25.5 Å². The molecule has 3 heteroatoms. The number of hydrogen-bond donors (Lipinski definition) is 1. The second-order valence-electron chi connectivity index (χ2n) is 4.53. The fourth-order valence-electron chi connectivity index (χ4n) is 0.482. The van der Waals surface area contributed by atoms with Gasteiger partial charge in [-0.3, -0.25) is 0 Å². The first-order valence-electron chi connectivity index (χ1n) is 4.43. The third kappa shape index (κ3) is 4.21. The molecule has 0 rings (SSSR count). The first kappa shape index (κ1) is 12.1. The third-order valence-electron chi connectivity index (χ3n) is 1.85. The Morgan fingerprint density at radius 2 is 1.58 bits per heavy atom. The van der Waals surface area contributed by atoms with Gasteiger partial charge in [-0.1, -0.05) is 13.8 Å². The van der Waals surface area contributed by atoms with Crippen molar-refractivity contribution in [2.45, 2.75) is 52.3 Å². The summed E-state index contributed by atoms with van der Waals surface area (Å²) in [6, 6.07) is 0.310. The summed E-state index contributed by atoms with van der Waals surface area (Å²) in [5.41, 5.74) is 0. The Morgan fingerprint density at radius 1 is 1.17 bits per heavy atom. The zero-order chi connectivity index (χ0) is 9.94. The highest BCUT2D eigenvalue weighted by Crippen LogP contribution is 2.11. The van der Waals surface area contributed by atoms with E-state index in [0.717, 1.165) is 0 Å². The van der Waals surface area contributed by atoms with Crippen molar-refractivity contribution in [3.8, 4) is 0 Å². The molecule has 0 radical (unpaired) electrons. The van der Waals surface area contributed by atoms with Gasteiger partial charge in [0.15, 0.2) is 0 Å². The summed E-state index contributed by atoms with van der Waals surface area (Å²) in [6.07, 6.45) is 0. The normalized spacial score (nSPS) is 17.9. The van der Waals surface area contributed by atoms with Gasteiger partial charge in [0.25, 0.3) is 0 Å². The lowest BCUT2D eigenvalue weighted by Gasteiger charge is -2.23. The maximum atomic E-state index is 11.6. The van der Waals surface area contributed by atoms with Crippen molar-refractivity contribution in [3.05, 3.63) is 0 Å². The molecule has 0 amide bonds. The minimum Gasteiger partial charge on any atom is -0.242 e. The van der Waals surface area contributed by atoms with Gasteiger partial charge in [-0.2, -0.15) is 0 Å². The lowest BCUT2D eigenvalue weighted by Crippen LogP contribution is -2.40. The highest BCUT2D eigenvalue weighted by molar-refractivity contribution is 7.84. The zero-order valence-corrected chi connectivity index (χ0v) is 9.79. The van der Waals surface area contributed by atoms with Crippen LogP contribution in [0.25, 0.3) is 0 Å². The molecule has 1 N–H and O–H groups in total. The van der Waals surface area contributed by atoms with E-state index in [9.17, 15) is 4.21 Å². The topological polar surface area (TPSA) is 29.1 Å². The van der Waals surface area contributed by atoms with Crippen molar-refractivity contribution in [2.75, 3.05) is 0 Å². The molecule has 2 atom stereocenters. The second-order valence-corrected chi connectivity index (χ2v) is 6.53. The lowest BCUT2D eigenvalue weighted by molar-refractivity contribution is 0.487. The van der Waals surface area contributed by atoms with Crippen LogP contribution in [-0.2, 0) is 11.0 Å². The predicted octanol–water partition coefficient (Wildman–Crippen LogP) is 2.08. The SMILES string of the molecule is CC(C)[C@H](C)N[S@@](=O)C(C)(C)C. The maximum absolute atomic E-state index is 11.6. The molecule has 0 saturated heterocycles. The van der Waals surface area contributed by atoms with Crippen LogP contribution in [0.2, 0.25) is 0 Å². The molecule has 0 aromatic heterocycles. The van der Waals surface area contributed by atoms with Crippen molar-refractivity contribution >= 4 is 11.0 Å². The zero-order valence-electron chi connectivity index (χ0n) is 8.97. The molecule has 74 valence electrons. The van der Waals surface area contributed by atoms with Gasteiger partial charge in [-0.15, -0.1) is 0 Å². The van der Waals surface area contributed by atoms with Crippen molar-refractivity contribution in [1.29, 1.82) is 0 Å². The second kappa shape index (κ2) is 4.38. The minimum atomic E-state index is -0.938. The molecule has 2 nitrogen and oxygen atoms in total. The van der Waals surface area contributed by atoms with E-state index in [0.29, 0.717) is 12.0 Å². The van der Waals surface area contributed by atoms with Crippen LogP contribution in [0.15, 0.2) is 0 Å². The summed E-state index contributed by atoms with van der Waals surface area (Å²) in [4.78, 5) is 0. The van der Waals surface area contributed by atoms with Gasteiger partial charge in [0.1, 0.15) is 0 Å². The lowest BCUT2D eigenvalue weighted by atomic mass is 10.1. The molecule has 0 aromatic rings. The quantitative estimate of drug-likeness (QED) is 0.727.